The first-order chi connectivity index (χ1) is 23.0. The smallest absolute Gasteiger partial charge is 0.137 e. The van der Waals surface area contributed by atoms with Crippen molar-refractivity contribution >= 4 is 41.9 Å². The Kier molecular flexibility index (Phi) is 13.6. The zero-order valence-electron chi connectivity index (χ0n) is 28.4. The van der Waals surface area contributed by atoms with Gasteiger partial charge in [-0.05, 0) is 120 Å². The molecule has 0 atom stereocenters. The van der Waals surface area contributed by atoms with Gasteiger partial charge in [-0.15, -0.1) is 0 Å². The van der Waals surface area contributed by atoms with Gasteiger partial charge in [-0.3, -0.25) is 0 Å². The summed E-state index contributed by atoms with van der Waals surface area (Å²) >= 11 is 5.70. The Morgan fingerprint density at radius 3 is 1.63 bits per heavy atom. The molecule has 2 aliphatic rings. The molecule has 11 heteroatoms. The van der Waals surface area contributed by atoms with Crippen LogP contribution in [0.3, 0.4) is 0 Å². The topological polar surface area (TPSA) is 46.7 Å². The van der Waals surface area contributed by atoms with Gasteiger partial charge in [0, 0.05) is 10.0 Å². The van der Waals surface area contributed by atoms with Gasteiger partial charge in [0.15, 0.2) is 0 Å². The molecular weight excluding hydrogens is 939 g/mol. The second-order valence-electron chi connectivity index (χ2n) is 13.5. The monoisotopic (exact) mass is 977 g/mol. The van der Waals surface area contributed by atoms with Crippen LogP contribution in [0, 0.1) is 55.3 Å². The summed E-state index contributed by atoms with van der Waals surface area (Å²) < 4.78 is 72.2. The van der Waals surface area contributed by atoms with Gasteiger partial charge in [-0.25, -0.2) is 0 Å². The van der Waals surface area contributed by atoms with Crippen LogP contribution in [0.1, 0.15) is 85.7 Å². The number of rotatable bonds is 2. The fraction of sp³-hybridized carbons (Fsp3) is 0.395. The number of aryl methyl sites for hydroxylation is 4. The van der Waals surface area contributed by atoms with Gasteiger partial charge in [-0.1, -0.05) is 41.9 Å². The normalized spacial score (nSPS) is 13.7. The summed E-state index contributed by atoms with van der Waals surface area (Å²) in [7, 11) is 0. The van der Waals surface area contributed by atoms with Gasteiger partial charge in [0.05, 0.1) is 4.47 Å². The molecule has 2 aliphatic carbocycles. The maximum Gasteiger partial charge on any atom is 0.137 e. The largest absolute Gasteiger partial charge is 0.665 e. The molecule has 0 bridgehead atoms. The van der Waals surface area contributed by atoms with Crippen molar-refractivity contribution in [3.8, 4) is 16.9 Å². The Morgan fingerprint density at radius 1 is 0.714 bits per heavy atom. The van der Waals surface area contributed by atoms with Crippen molar-refractivity contribution in [2.45, 2.75) is 92.9 Å². The second-order valence-corrected chi connectivity index (χ2v) is 17.4. The van der Waals surface area contributed by atoms with E-state index in [1.807, 2.05) is 46.8 Å². The summed E-state index contributed by atoms with van der Waals surface area (Å²) in [5.41, 5.74) is 10.3. The summed E-state index contributed by atoms with van der Waals surface area (Å²) in [6.07, 6.45) is 9.46. The van der Waals surface area contributed by atoms with E-state index in [2.05, 4.69) is 59.4 Å². The van der Waals surface area contributed by atoms with Crippen LogP contribution in [0.5, 0.6) is 5.75 Å². The molecule has 4 aromatic rings. The molecule has 0 unspecified atom stereocenters. The molecule has 0 saturated carbocycles. The number of aromatic hydroxyl groups is 1. The number of nitrogens with zero attached hydrogens (tertiary/aromatic N) is 2. The van der Waals surface area contributed by atoms with Crippen LogP contribution in [-0.2, 0) is 43.6 Å². The summed E-state index contributed by atoms with van der Waals surface area (Å²) in [6, 6.07) is 8.45. The summed E-state index contributed by atoms with van der Waals surface area (Å²) in [4.78, 5) is 4.11. The quantitative estimate of drug-likeness (QED) is 0.124. The fourth-order valence-electron chi connectivity index (χ4n) is 5.95. The van der Waals surface area contributed by atoms with Gasteiger partial charge in [0.2, 0.25) is 0 Å². The minimum Gasteiger partial charge on any atom is -0.665 e. The number of phenols is 1. The Hall–Kier alpha value is -2.29. The molecule has 264 valence electrons. The van der Waals surface area contributed by atoms with Crippen LogP contribution >= 0.6 is 31.9 Å². The third-order valence-corrected chi connectivity index (χ3v) is 13.7. The number of benzene rings is 3. The molecule has 1 N–H and O–H groups in total. The molecule has 0 fully saturated rings. The number of hydrogen-bond donors (Lipinski definition) is 1. The Balaban J connectivity index is 0.000000190. The SMILES string of the molecule is CC(C)(C)[CH]=[W]=[N]c1c(F)c(F)c(F)c(F)c1F.Cc1c(Br)cc2c(c1-c1c(O)c(Br)cc3c1CCCC3)CCCC2.Cc1ccc(C)[n-]1. The van der Waals surface area contributed by atoms with E-state index in [9.17, 15) is 27.1 Å². The molecular formula is C38H40Br2F5N2OW-. The van der Waals surface area contributed by atoms with Gasteiger partial charge in [0.25, 0.3) is 0 Å². The second kappa shape index (κ2) is 16.8. The predicted molar refractivity (Wildman–Crippen MR) is 190 cm³/mol. The molecule has 0 amide bonds. The zero-order valence-corrected chi connectivity index (χ0v) is 34.5. The van der Waals surface area contributed by atoms with Crippen molar-refractivity contribution in [2.75, 3.05) is 0 Å². The van der Waals surface area contributed by atoms with Crippen LogP contribution in [0.2, 0.25) is 0 Å². The van der Waals surface area contributed by atoms with E-state index in [-0.39, 0.29) is 5.41 Å². The van der Waals surface area contributed by atoms with E-state index in [0.717, 1.165) is 47.1 Å². The van der Waals surface area contributed by atoms with E-state index >= 15 is 0 Å². The maximum absolute atomic E-state index is 13.2. The number of phenolic OH excluding ortho intramolecular Hbond substituents is 1. The van der Waals surface area contributed by atoms with Gasteiger partial charge in [-0.2, -0.15) is 11.4 Å². The van der Waals surface area contributed by atoms with Crippen LogP contribution in [0.4, 0.5) is 27.6 Å². The first-order valence-corrected chi connectivity index (χ1v) is 20.7. The predicted octanol–water partition coefficient (Wildman–Crippen LogP) is 12.0. The molecule has 49 heavy (non-hydrogen) atoms. The zero-order chi connectivity index (χ0) is 36.2. The Bertz CT molecular complexity index is 1810. The van der Waals surface area contributed by atoms with Crippen molar-refractivity contribution in [1.82, 2.24) is 4.98 Å². The summed E-state index contributed by atoms with van der Waals surface area (Å²) in [6.45, 7) is 11.8. The van der Waals surface area contributed by atoms with Crippen LogP contribution in [0.15, 0.2) is 36.7 Å². The first kappa shape index (κ1) is 39.5. The average molecular weight is 979 g/mol. The van der Waals surface area contributed by atoms with Gasteiger partial charge < -0.3 is 10.1 Å². The molecule has 6 rings (SSSR count). The molecule has 3 aromatic carbocycles. The molecule has 0 saturated heterocycles. The van der Waals surface area contributed by atoms with E-state index < -0.39 is 52.7 Å². The van der Waals surface area contributed by atoms with Crippen molar-refractivity contribution in [1.29, 1.82) is 0 Å². The van der Waals surface area contributed by atoms with Gasteiger partial charge >= 0.3 is 109 Å². The fourth-order valence-corrected chi connectivity index (χ4v) is 9.18. The standard InChI is InChI=1S/C21H22Br2O.C6F5N.C6H8N.C5H10.W/c1-12-17(22)10-13-6-2-4-8-15(13)19(12)20-16-9-5-3-7-14(16)11-18(23)21(20)24;7-1-2(8)4(10)6(12)5(11)3(1)9;1-5-3-4-6(2)7-5;1-5(2,3)4;/h10-11,24H,2-9H2,1H3;;3-4H,1-2H3;1H,2-4H3;/q;;-1;;. The number of halogens is 7. The minimum absolute atomic E-state index is 0.196. The third-order valence-electron chi connectivity index (χ3n) is 8.33. The number of aromatic nitrogens is 1. The molecule has 1 aromatic heterocycles. The third kappa shape index (κ3) is 9.53. The molecule has 3 nitrogen and oxygen atoms in total. The number of hydrogen-bond acceptors (Lipinski definition) is 2. The summed E-state index contributed by atoms with van der Waals surface area (Å²) in [5.74, 6) is -9.38. The van der Waals surface area contributed by atoms with E-state index in [0.29, 0.717) is 5.75 Å². The van der Waals surface area contributed by atoms with Crippen LogP contribution in [-0.4, -0.2) is 9.51 Å². The molecule has 0 aliphatic heterocycles. The van der Waals surface area contributed by atoms with Crippen molar-refractivity contribution in [3.05, 3.63) is 102 Å². The van der Waals surface area contributed by atoms with Crippen molar-refractivity contribution in [2.24, 2.45) is 8.91 Å². The molecule has 0 radical (unpaired) electrons. The van der Waals surface area contributed by atoms with E-state index in [4.69, 9.17) is 0 Å². The average Bonchev–Trinajstić information content (AvgIpc) is 3.44. The summed E-state index contributed by atoms with van der Waals surface area (Å²) in [5, 5.41) is 11.0. The van der Waals surface area contributed by atoms with Crippen molar-refractivity contribution < 1.29 is 45.0 Å². The molecule has 1 heterocycles. The van der Waals surface area contributed by atoms with Crippen LogP contribution < -0.4 is 4.98 Å². The maximum atomic E-state index is 13.2. The first-order valence-electron chi connectivity index (χ1n) is 16.2. The van der Waals surface area contributed by atoms with Crippen molar-refractivity contribution in [3.63, 3.8) is 0 Å². The number of fused-ring (bicyclic) bond motifs is 2. The molecule has 0 spiro atoms. The Morgan fingerprint density at radius 2 is 1.16 bits per heavy atom. The Labute approximate surface area is 310 Å². The van der Waals surface area contributed by atoms with E-state index in [1.54, 1.807) is 4.40 Å². The van der Waals surface area contributed by atoms with Gasteiger partial charge in [0.1, 0.15) is 5.75 Å². The van der Waals surface area contributed by atoms with Crippen LogP contribution in [0.25, 0.3) is 11.1 Å². The van der Waals surface area contributed by atoms with E-state index in [1.165, 1.54) is 63.5 Å². The minimum atomic E-state index is -2.16.